The lowest BCUT2D eigenvalue weighted by Gasteiger charge is -2.21. The average Bonchev–Trinajstić information content (AvgIpc) is 2.60. The number of rotatable bonds is 6. The molecule has 25 heavy (non-hydrogen) atoms. The predicted octanol–water partition coefficient (Wildman–Crippen LogP) is 5.34. The maximum absolute atomic E-state index is 12.7. The fourth-order valence-electron chi connectivity index (χ4n) is 2.99. The zero-order chi connectivity index (χ0) is 18.6. The molecule has 2 aromatic carbocycles. The van der Waals surface area contributed by atoms with Crippen molar-refractivity contribution in [3.05, 3.63) is 58.7 Å². The molecule has 0 unspecified atom stereocenters. The van der Waals surface area contributed by atoms with E-state index in [9.17, 15) is 4.79 Å². The molecule has 134 valence electrons. The van der Waals surface area contributed by atoms with Gasteiger partial charge in [0.25, 0.3) is 5.91 Å². The summed E-state index contributed by atoms with van der Waals surface area (Å²) >= 11 is 1.58. The second-order valence-electron chi connectivity index (χ2n) is 6.50. The van der Waals surface area contributed by atoms with Crippen LogP contribution in [0.5, 0.6) is 5.75 Å². The number of hydrogen-bond acceptors (Lipinski definition) is 3. The van der Waals surface area contributed by atoms with Gasteiger partial charge in [-0.25, -0.2) is 0 Å². The van der Waals surface area contributed by atoms with Crippen LogP contribution in [0.2, 0.25) is 0 Å². The Morgan fingerprint density at radius 1 is 1.12 bits per heavy atom. The summed E-state index contributed by atoms with van der Waals surface area (Å²) in [6, 6.07) is 11.8. The molecule has 1 amide bonds. The van der Waals surface area contributed by atoms with Crippen LogP contribution in [0.4, 0.5) is 0 Å². The molecule has 0 radical (unpaired) electrons. The lowest BCUT2D eigenvalue weighted by atomic mass is 9.93. The van der Waals surface area contributed by atoms with E-state index in [4.69, 9.17) is 4.74 Å². The van der Waals surface area contributed by atoms with E-state index in [2.05, 4.69) is 38.2 Å². The first kappa shape index (κ1) is 19.4. The molecular formula is C21H27NO2S. The van der Waals surface area contributed by atoms with Crippen LogP contribution in [0.15, 0.2) is 41.3 Å². The zero-order valence-electron chi connectivity index (χ0n) is 15.8. The number of ether oxygens (including phenoxy) is 1. The topological polar surface area (TPSA) is 38.3 Å². The summed E-state index contributed by atoms with van der Waals surface area (Å²) in [5.41, 5.74) is 4.12. The monoisotopic (exact) mass is 357 g/mol. The zero-order valence-corrected chi connectivity index (χ0v) is 16.7. The van der Waals surface area contributed by atoms with Gasteiger partial charge in [-0.1, -0.05) is 26.0 Å². The molecule has 0 heterocycles. The number of aryl methyl sites for hydroxylation is 1. The van der Waals surface area contributed by atoms with Crippen molar-refractivity contribution in [2.45, 2.75) is 44.6 Å². The van der Waals surface area contributed by atoms with Gasteiger partial charge in [-0.2, -0.15) is 0 Å². The minimum atomic E-state index is -0.0779. The fraction of sp³-hybridized carbons (Fsp3) is 0.381. The van der Waals surface area contributed by atoms with Crippen LogP contribution in [-0.2, 0) is 0 Å². The number of benzene rings is 2. The minimum absolute atomic E-state index is 0.0428. The van der Waals surface area contributed by atoms with E-state index >= 15 is 0 Å². The number of thioether (sulfide) groups is 1. The molecule has 2 aromatic rings. The van der Waals surface area contributed by atoms with Crippen molar-refractivity contribution in [3.8, 4) is 5.75 Å². The molecule has 0 aliphatic carbocycles. The van der Waals surface area contributed by atoms with Crippen molar-refractivity contribution >= 4 is 17.7 Å². The molecule has 0 spiro atoms. The van der Waals surface area contributed by atoms with Crippen LogP contribution < -0.4 is 10.1 Å². The third kappa shape index (κ3) is 4.37. The first-order valence-corrected chi connectivity index (χ1v) is 9.73. The third-order valence-corrected chi connectivity index (χ3v) is 5.20. The first-order chi connectivity index (χ1) is 11.9. The van der Waals surface area contributed by atoms with Gasteiger partial charge in [0.1, 0.15) is 5.75 Å². The highest BCUT2D eigenvalue weighted by atomic mass is 32.2. The van der Waals surface area contributed by atoms with Gasteiger partial charge >= 0.3 is 0 Å². The molecular weight excluding hydrogens is 330 g/mol. The van der Waals surface area contributed by atoms with Gasteiger partial charge in [0.15, 0.2) is 0 Å². The van der Waals surface area contributed by atoms with Gasteiger partial charge in [0, 0.05) is 4.90 Å². The van der Waals surface area contributed by atoms with Crippen molar-refractivity contribution in [3.63, 3.8) is 0 Å². The number of carbonyl (C=O) groups is 1. The van der Waals surface area contributed by atoms with Crippen molar-refractivity contribution in [2.24, 2.45) is 0 Å². The van der Waals surface area contributed by atoms with Crippen molar-refractivity contribution < 1.29 is 9.53 Å². The summed E-state index contributed by atoms with van der Waals surface area (Å²) in [6.45, 7) is 8.38. The quantitative estimate of drug-likeness (QED) is 0.709. The summed E-state index contributed by atoms with van der Waals surface area (Å²) in [7, 11) is 1.70. The number of nitrogens with one attached hydrogen (secondary N) is 1. The van der Waals surface area contributed by atoms with E-state index in [0.29, 0.717) is 5.92 Å². The highest BCUT2D eigenvalue weighted by Gasteiger charge is 2.18. The van der Waals surface area contributed by atoms with E-state index in [-0.39, 0.29) is 11.9 Å². The molecule has 1 N–H and O–H groups in total. The van der Waals surface area contributed by atoms with Gasteiger partial charge in [-0.3, -0.25) is 4.79 Å². The molecule has 2 rings (SSSR count). The largest absolute Gasteiger partial charge is 0.496 e. The Hall–Kier alpha value is -1.94. The summed E-state index contributed by atoms with van der Waals surface area (Å²) in [6.07, 6.45) is 1.98. The molecule has 0 aliphatic heterocycles. The lowest BCUT2D eigenvalue weighted by Crippen LogP contribution is -2.27. The van der Waals surface area contributed by atoms with Gasteiger partial charge in [0.05, 0.1) is 18.7 Å². The number of methoxy groups -OCH3 is 1. The number of hydrogen-bond donors (Lipinski definition) is 1. The maximum Gasteiger partial charge on any atom is 0.252 e. The second-order valence-corrected chi connectivity index (χ2v) is 7.35. The lowest BCUT2D eigenvalue weighted by molar-refractivity contribution is 0.0937. The van der Waals surface area contributed by atoms with Gasteiger partial charge < -0.3 is 10.1 Å². The highest BCUT2D eigenvalue weighted by Crippen LogP contribution is 2.32. The predicted molar refractivity (Wildman–Crippen MR) is 106 cm³/mol. The average molecular weight is 358 g/mol. The molecule has 4 heteroatoms. The Labute approximate surface area is 155 Å². The van der Waals surface area contributed by atoms with E-state index in [1.54, 1.807) is 18.9 Å². The highest BCUT2D eigenvalue weighted by molar-refractivity contribution is 7.98. The van der Waals surface area contributed by atoms with Crippen LogP contribution in [-0.4, -0.2) is 19.3 Å². The molecule has 0 aromatic heterocycles. The van der Waals surface area contributed by atoms with Gasteiger partial charge in [0.2, 0.25) is 0 Å². The Kier molecular flexibility index (Phi) is 6.54. The van der Waals surface area contributed by atoms with Crippen molar-refractivity contribution in [2.75, 3.05) is 13.4 Å². The standard InChI is InChI=1S/C21H27NO2S/c1-13(2)17-12-18(14(3)11-19(17)24-5)15(4)22-21(23)16-9-7-8-10-20(16)25-6/h7-13,15H,1-6H3,(H,22,23)/t15-/m0/s1. The van der Waals surface area contributed by atoms with Crippen molar-refractivity contribution in [1.29, 1.82) is 0 Å². The molecule has 0 fully saturated rings. The Morgan fingerprint density at radius 2 is 1.80 bits per heavy atom. The maximum atomic E-state index is 12.7. The van der Waals surface area contributed by atoms with Crippen LogP contribution in [0.25, 0.3) is 0 Å². The SMILES string of the molecule is COc1cc(C)c([C@H](C)NC(=O)c2ccccc2SC)cc1C(C)C. The number of carbonyl (C=O) groups excluding carboxylic acids is 1. The summed E-state index contributed by atoms with van der Waals surface area (Å²) in [5.74, 6) is 1.22. The first-order valence-electron chi connectivity index (χ1n) is 8.51. The van der Waals surface area contributed by atoms with E-state index in [0.717, 1.165) is 32.9 Å². The molecule has 0 saturated carbocycles. The molecule has 0 bridgehead atoms. The third-order valence-electron chi connectivity index (χ3n) is 4.41. The summed E-state index contributed by atoms with van der Waals surface area (Å²) in [4.78, 5) is 13.7. The Morgan fingerprint density at radius 3 is 2.40 bits per heavy atom. The Balaban J connectivity index is 2.30. The molecule has 1 atom stereocenters. The molecule has 3 nitrogen and oxygen atoms in total. The minimum Gasteiger partial charge on any atom is -0.496 e. The summed E-state index contributed by atoms with van der Waals surface area (Å²) in [5, 5.41) is 3.14. The van der Waals surface area contributed by atoms with Crippen LogP contribution in [0, 0.1) is 6.92 Å². The normalized spacial score (nSPS) is 12.1. The smallest absolute Gasteiger partial charge is 0.252 e. The second kappa shape index (κ2) is 8.43. The fourth-order valence-corrected chi connectivity index (χ4v) is 3.59. The number of amides is 1. The van der Waals surface area contributed by atoms with Crippen LogP contribution in [0.1, 0.15) is 59.8 Å². The van der Waals surface area contributed by atoms with Gasteiger partial charge in [-0.05, 0) is 67.0 Å². The van der Waals surface area contributed by atoms with Gasteiger partial charge in [-0.15, -0.1) is 11.8 Å². The Bertz CT molecular complexity index is 756. The van der Waals surface area contributed by atoms with E-state index in [1.165, 1.54) is 0 Å². The molecule has 0 aliphatic rings. The van der Waals surface area contributed by atoms with Crippen LogP contribution in [0.3, 0.4) is 0 Å². The molecule has 0 saturated heterocycles. The van der Waals surface area contributed by atoms with E-state index < -0.39 is 0 Å². The van der Waals surface area contributed by atoms with Crippen LogP contribution >= 0.6 is 11.8 Å². The van der Waals surface area contributed by atoms with E-state index in [1.807, 2.05) is 37.4 Å². The van der Waals surface area contributed by atoms with Crippen molar-refractivity contribution in [1.82, 2.24) is 5.32 Å². The summed E-state index contributed by atoms with van der Waals surface area (Å²) < 4.78 is 5.51.